The summed E-state index contributed by atoms with van der Waals surface area (Å²) in [5.41, 5.74) is 1.38. The molecule has 0 unspecified atom stereocenters. The second-order valence-electron chi connectivity index (χ2n) is 5.00. The van der Waals surface area contributed by atoms with Gasteiger partial charge in [0.2, 0.25) is 0 Å². The van der Waals surface area contributed by atoms with Crippen molar-refractivity contribution in [1.29, 1.82) is 0 Å². The van der Waals surface area contributed by atoms with Crippen LogP contribution in [0.3, 0.4) is 0 Å². The lowest BCUT2D eigenvalue weighted by atomic mass is 9.82. The van der Waals surface area contributed by atoms with Gasteiger partial charge in [-0.3, -0.25) is 4.90 Å². The van der Waals surface area contributed by atoms with Crippen LogP contribution in [0.4, 0.5) is 0 Å². The summed E-state index contributed by atoms with van der Waals surface area (Å²) in [5, 5.41) is 0. The largest absolute Gasteiger partial charge is 0.379 e. The Hall–Kier alpha value is -0.340. The van der Waals surface area contributed by atoms with E-state index >= 15 is 0 Å². The summed E-state index contributed by atoms with van der Waals surface area (Å²) in [7, 11) is 0. The molecule has 0 aromatic heterocycles. The molecule has 15 heavy (non-hydrogen) atoms. The first kappa shape index (κ1) is 11.2. The van der Waals surface area contributed by atoms with Crippen molar-refractivity contribution in [2.24, 2.45) is 5.92 Å². The summed E-state index contributed by atoms with van der Waals surface area (Å²) in [4.78, 5) is 2.62. The molecule has 0 aromatic carbocycles. The van der Waals surface area contributed by atoms with Gasteiger partial charge >= 0.3 is 0 Å². The highest BCUT2D eigenvalue weighted by atomic mass is 16.5. The summed E-state index contributed by atoms with van der Waals surface area (Å²) in [6.45, 7) is 10.4. The molecule has 0 spiro atoms. The predicted molar refractivity (Wildman–Crippen MR) is 63.0 cm³/mol. The van der Waals surface area contributed by atoms with Crippen LogP contribution in [-0.2, 0) is 4.74 Å². The van der Waals surface area contributed by atoms with Gasteiger partial charge in [0.05, 0.1) is 13.2 Å². The number of nitrogens with zero attached hydrogens (tertiary/aromatic N) is 1. The van der Waals surface area contributed by atoms with Crippen molar-refractivity contribution in [3.05, 3.63) is 12.2 Å². The molecule has 1 saturated heterocycles. The third-order valence-corrected chi connectivity index (χ3v) is 3.96. The van der Waals surface area contributed by atoms with Crippen LogP contribution in [0.2, 0.25) is 0 Å². The fourth-order valence-electron chi connectivity index (χ4n) is 2.88. The second kappa shape index (κ2) is 5.13. The first-order valence-electron chi connectivity index (χ1n) is 6.24. The number of ether oxygens (including phenoxy) is 1. The van der Waals surface area contributed by atoms with Crippen LogP contribution in [0.15, 0.2) is 12.2 Å². The van der Waals surface area contributed by atoms with Gasteiger partial charge in [0, 0.05) is 19.1 Å². The zero-order chi connectivity index (χ0) is 10.7. The molecule has 2 aliphatic rings. The van der Waals surface area contributed by atoms with E-state index in [1.807, 2.05) is 0 Å². The molecule has 2 fully saturated rings. The third-order valence-electron chi connectivity index (χ3n) is 3.96. The summed E-state index contributed by atoms with van der Waals surface area (Å²) >= 11 is 0. The number of rotatable bonds is 2. The molecule has 0 atom stereocenters. The molecule has 0 radical (unpaired) electrons. The van der Waals surface area contributed by atoms with Gasteiger partial charge in [0.25, 0.3) is 0 Å². The van der Waals surface area contributed by atoms with E-state index < -0.39 is 0 Å². The molecule has 86 valence electrons. The van der Waals surface area contributed by atoms with Crippen LogP contribution >= 0.6 is 0 Å². The van der Waals surface area contributed by atoms with Gasteiger partial charge in [-0.1, -0.05) is 12.2 Å². The van der Waals surface area contributed by atoms with Gasteiger partial charge in [-0.15, -0.1) is 0 Å². The number of hydrogen-bond donors (Lipinski definition) is 0. The zero-order valence-corrected chi connectivity index (χ0v) is 9.87. The molecule has 1 aliphatic heterocycles. The van der Waals surface area contributed by atoms with Gasteiger partial charge in [-0.25, -0.2) is 0 Å². The Balaban J connectivity index is 1.79. The highest BCUT2D eigenvalue weighted by Gasteiger charge is 2.26. The Kier molecular flexibility index (Phi) is 3.81. The maximum absolute atomic E-state index is 5.39. The van der Waals surface area contributed by atoms with E-state index in [1.165, 1.54) is 31.3 Å². The Morgan fingerprint density at radius 2 is 1.73 bits per heavy atom. The normalized spacial score (nSPS) is 33.9. The molecule has 0 N–H and O–H groups in total. The lowest BCUT2D eigenvalue weighted by molar-refractivity contribution is 0.00613. The molecule has 0 aromatic rings. The Morgan fingerprint density at radius 3 is 2.27 bits per heavy atom. The Bertz CT molecular complexity index is 213. The molecule has 0 bridgehead atoms. The highest BCUT2D eigenvalue weighted by Crippen LogP contribution is 2.31. The van der Waals surface area contributed by atoms with Crippen LogP contribution in [0.25, 0.3) is 0 Å². The minimum Gasteiger partial charge on any atom is -0.379 e. The van der Waals surface area contributed by atoms with Crippen molar-refractivity contribution >= 4 is 0 Å². The van der Waals surface area contributed by atoms with E-state index in [1.54, 1.807) is 0 Å². The molecular formula is C13H23NO. The van der Waals surface area contributed by atoms with E-state index in [0.29, 0.717) is 0 Å². The van der Waals surface area contributed by atoms with E-state index in [4.69, 9.17) is 4.74 Å². The number of morpholine rings is 1. The van der Waals surface area contributed by atoms with E-state index in [0.717, 1.165) is 38.3 Å². The molecule has 1 heterocycles. The van der Waals surface area contributed by atoms with Crippen molar-refractivity contribution in [2.45, 2.75) is 38.6 Å². The molecular weight excluding hydrogens is 186 g/mol. The fraction of sp³-hybridized carbons (Fsp3) is 0.846. The van der Waals surface area contributed by atoms with Crippen molar-refractivity contribution in [1.82, 2.24) is 4.90 Å². The summed E-state index contributed by atoms with van der Waals surface area (Å²) in [6, 6.07) is 0.824. The lowest BCUT2D eigenvalue weighted by Crippen LogP contribution is -2.45. The first-order valence-corrected chi connectivity index (χ1v) is 6.24. The molecule has 0 amide bonds. The Labute approximate surface area is 93.3 Å². The van der Waals surface area contributed by atoms with Gasteiger partial charge in [-0.05, 0) is 38.5 Å². The van der Waals surface area contributed by atoms with Gasteiger partial charge < -0.3 is 4.74 Å². The highest BCUT2D eigenvalue weighted by molar-refractivity contribution is 4.99. The molecule has 2 heteroatoms. The maximum atomic E-state index is 5.39. The van der Waals surface area contributed by atoms with Gasteiger partial charge in [0.15, 0.2) is 0 Å². The molecule has 1 aliphatic carbocycles. The molecule has 2 nitrogen and oxygen atoms in total. The SMILES string of the molecule is C=C(C)C1CCC(N2CCOCC2)CC1. The van der Waals surface area contributed by atoms with Gasteiger partial charge in [0.1, 0.15) is 0 Å². The smallest absolute Gasteiger partial charge is 0.0594 e. The standard InChI is InChI=1S/C13H23NO/c1-11(2)12-3-5-13(6-4-12)14-7-9-15-10-8-14/h12-13H,1,3-10H2,2H3. The van der Waals surface area contributed by atoms with Crippen molar-refractivity contribution in [3.8, 4) is 0 Å². The summed E-state index contributed by atoms with van der Waals surface area (Å²) in [5.74, 6) is 0.794. The molecule has 1 saturated carbocycles. The van der Waals surface area contributed by atoms with Crippen LogP contribution in [0.1, 0.15) is 32.6 Å². The van der Waals surface area contributed by atoms with Gasteiger partial charge in [-0.2, -0.15) is 0 Å². The Morgan fingerprint density at radius 1 is 1.13 bits per heavy atom. The van der Waals surface area contributed by atoms with E-state index in [9.17, 15) is 0 Å². The number of hydrogen-bond acceptors (Lipinski definition) is 2. The average Bonchev–Trinajstić information content (AvgIpc) is 2.30. The van der Waals surface area contributed by atoms with Crippen molar-refractivity contribution < 1.29 is 4.74 Å². The predicted octanol–water partition coefficient (Wildman–Crippen LogP) is 2.45. The fourth-order valence-corrected chi connectivity index (χ4v) is 2.88. The summed E-state index contributed by atoms with van der Waals surface area (Å²) < 4.78 is 5.39. The van der Waals surface area contributed by atoms with Crippen LogP contribution in [0.5, 0.6) is 0 Å². The van der Waals surface area contributed by atoms with Crippen molar-refractivity contribution in [2.75, 3.05) is 26.3 Å². The lowest BCUT2D eigenvalue weighted by Gasteiger charge is -2.38. The molecule has 2 rings (SSSR count). The third kappa shape index (κ3) is 2.82. The monoisotopic (exact) mass is 209 g/mol. The first-order chi connectivity index (χ1) is 7.27. The minimum absolute atomic E-state index is 0.794. The van der Waals surface area contributed by atoms with Crippen LogP contribution in [-0.4, -0.2) is 37.2 Å². The topological polar surface area (TPSA) is 12.5 Å². The minimum atomic E-state index is 0.794. The van der Waals surface area contributed by atoms with E-state index in [2.05, 4.69) is 18.4 Å². The average molecular weight is 209 g/mol. The van der Waals surface area contributed by atoms with Crippen molar-refractivity contribution in [3.63, 3.8) is 0 Å². The quantitative estimate of drug-likeness (QED) is 0.648. The second-order valence-corrected chi connectivity index (χ2v) is 5.00. The zero-order valence-electron chi connectivity index (χ0n) is 9.87. The maximum Gasteiger partial charge on any atom is 0.0594 e. The van der Waals surface area contributed by atoms with E-state index in [-0.39, 0.29) is 0 Å². The van der Waals surface area contributed by atoms with Crippen LogP contribution in [0, 0.1) is 5.92 Å². The number of allylic oxidation sites excluding steroid dienone is 1. The van der Waals surface area contributed by atoms with Crippen LogP contribution < -0.4 is 0 Å². The summed E-state index contributed by atoms with van der Waals surface area (Å²) in [6.07, 6.45) is 5.41.